The summed E-state index contributed by atoms with van der Waals surface area (Å²) in [7, 11) is 0. The Labute approximate surface area is 93.9 Å². The van der Waals surface area contributed by atoms with E-state index < -0.39 is 12.1 Å². The molecule has 0 heterocycles. The van der Waals surface area contributed by atoms with Crippen LogP contribution in [0.25, 0.3) is 0 Å². The molecule has 0 unspecified atom stereocenters. The predicted octanol–water partition coefficient (Wildman–Crippen LogP) is 1.67. The molecule has 0 saturated heterocycles. The number of aliphatic carboxylic acids is 1. The molecule has 0 aliphatic carbocycles. The van der Waals surface area contributed by atoms with Gasteiger partial charge in [0.2, 0.25) is 0 Å². The van der Waals surface area contributed by atoms with Gasteiger partial charge in [0.15, 0.2) is 6.10 Å². The number of hydrogen-bond donors (Lipinski definition) is 1. The van der Waals surface area contributed by atoms with Crippen molar-refractivity contribution in [3.63, 3.8) is 0 Å². The Bertz CT molecular complexity index is 381. The Morgan fingerprint density at radius 2 is 1.88 bits per heavy atom. The molecule has 1 rings (SSSR count). The van der Waals surface area contributed by atoms with Crippen molar-refractivity contribution < 1.29 is 19.4 Å². The quantitative estimate of drug-likeness (QED) is 0.823. The molecule has 0 amide bonds. The third kappa shape index (κ3) is 3.73. The maximum absolute atomic E-state index is 10.9. The lowest BCUT2D eigenvalue weighted by Crippen LogP contribution is -2.22. The molecule has 4 nitrogen and oxygen atoms in total. The first-order chi connectivity index (χ1) is 7.49. The average Bonchev–Trinajstić information content (AvgIpc) is 2.20. The van der Waals surface area contributed by atoms with Crippen molar-refractivity contribution in [3.8, 4) is 5.75 Å². The Balaban J connectivity index is 2.64. The highest BCUT2D eigenvalue weighted by atomic mass is 16.5. The average molecular weight is 222 g/mol. The molecule has 0 spiro atoms. The third-order valence-electron chi connectivity index (χ3n) is 2.04. The van der Waals surface area contributed by atoms with Crippen LogP contribution in [0.3, 0.4) is 0 Å². The minimum Gasteiger partial charge on any atom is -0.479 e. The number of benzene rings is 1. The fraction of sp³-hybridized carbons (Fsp3) is 0.333. The van der Waals surface area contributed by atoms with Crippen molar-refractivity contribution in [2.45, 2.75) is 26.4 Å². The van der Waals surface area contributed by atoms with Crippen LogP contribution in [-0.4, -0.2) is 23.0 Å². The van der Waals surface area contributed by atoms with Crippen molar-refractivity contribution >= 4 is 11.8 Å². The normalized spacial score (nSPS) is 11.9. The number of carboxylic acids is 1. The molecule has 4 heteroatoms. The molecule has 86 valence electrons. The molecule has 1 aromatic carbocycles. The molecule has 1 aromatic rings. The molecule has 0 bridgehead atoms. The summed E-state index contributed by atoms with van der Waals surface area (Å²) in [5.74, 6) is -0.428. The van der Waals surface area contributed by atoms with Crippen LogP contribution < -0.4 is 4.74 Å². The number of carbonyl (C=O) groups excluding carboxylic acids is 1. The van der Waals surface area contributed by atoms with Crippen LogP contribution in [-0.2, 0) is 16.0 Å². The lowest BCUT2D eigenvalue weighted by atomic mass is 10.1. The number of carbonyl (C=O) groups is 2. The number of ketones is 1. The topological polar surface area (TPSA) is 63.6 Å². The Morgan fingerprint density at radius 3 is 2.31 bits per heavy atom. The van der Waals surface area contributed by atoms with E-state index >= 15 is 0 Å². The molecule has 0 fully saturated rings. The van der Waals surface area contributed by atoms with Gasteiger partial charge in [-0.3, -0.25) is 4.79 Å². The molecule has 16 heavy (non-hydrogen) atoms. The van der Waals surface area contributed by atoms with Crippen molar-refractivity contribution in [2.75, 3.05) is 0 Å². The first-order valence-corrected chi connectivity index (χ1v) is 4.97. The van der Waals surface area contributed by atoms with E-state index in [2.05, 4.69) is 0 Å². The van der Waals surface area contributed by atoms with Gasteiger partial charge in [-0.15, -0.1) is 0 Å². The zero-order valence-electron chi connectivity index (χ0n) is 9.27. The highest BCUT2D eigenvalue weighted by Gasteiger charge is 2.11. The summed E-state index contributed by atoms with van der Waals surface area (Å²) >= 11 is 0. The summed E-state index contributed by atoms with van der Waals surface area (Å²) < 4.78 is 5.15. The van der Waals surface area contributed by atoms with Crippen LogP contribution in [0.2, 0.25) is 0 Å². The molecule has 0 aromatic heterocycles. The molecule has 0 aliphatic rings. The lowest BCUT2D eigenvalue weighted by Gasteiger charge is -2.10. The molecular weight excluding hydrogens is 208 g/mol. The minimum absolute atomic E-state index is 0.0903. The van der Waals surface area contributed by atoms with Gasteiger partial charge in [0.1, 0.15) is 11.5 Å². The number of Topliss-reactive ketones (excluding diaryl/α,β-unsaturated/α-hetero) is 1. The second kappa shape index (κ2) is 5.30. The summed E-state index contributed by atoms with van der Waals surface area (Å²) in [6.07, 6.45) is -0.493. The van der Waals surface area contributed by atoms with Gasteiger partial charge in [0, 0.05) is 6.42 Å². The van der Waals surface area contributed by atoms with Gasteiger partial charge < -0.3 is 9.84 Å². The summed E-state index contributed by atoms with van der Waals surface area (Å²) in [5, 5.41) is 8.65. The Morgan fingerprint density at radius 1 is 1.31 bits per heavy atom. The number of hydrogen-bond acceptors (Lipinski definition) is 3. The van der Waals surface area contributed by atoms with Gasteiger partial charge in [-0.25, -0.2) is 4.79 Å². The van der Waals surface area contributed by atoms with E-state index in [0.717, 1.165) is 5.56 Å². The van der Waals surface area contributed by atoms with Gasteiger partial charge in [-0.1, -0.05) is 12.1 Å². The van der Waals surface area contributed by atoms with Crippen molar-refractivity contribution in [1.82, 2.24) is 0 Å². The van der Waals surface area contributed by atoms with E-state index in [0.29, 0.717) is 12.2 Å². The maximum Gasteiger partial charge on any atom is 0.344 e. The van der Waals surface area contributed by atoms with E-state index in [1.54, 1.807) is 24.3 Å². The van der Waals surface area contributed by atoms with Crippen molar-refractivity contribution in [3.05, 3.63) is 29.8 Å². The van der Waals surface area contributed by atoms with Crippen LogP contribution in [0.15, 0.2) is 24.3 Å². The summed E-state index contributed by atoms with van der Waals surface area (Å²) in [4.78, 5) is 21.4. The number of rotatable bonds is 5. The molecule has 0 saturated carbocycles. The smallest absolute Gasteiger partial charge is 0.344 e. The van der Waals surface area contributed by atoms with Crippen LogP contribution in [0.5, 0.6) is 5.75 Å². The largest absolute Gasteiger partial charge is 0.479 e. The van der Waals surface area contributed by atoms with Gasteiger partial charge in [-0.2, -0.15) is 0 Å². The van der Waals surface area contributed by atoms with E-state index in [1.165, 1.54) is 13.8 Å². The van der Waals surface area contributed by atoms with Crippen molar-refractivity contribution in [1.29, 1.82) is 0 Å². The van der Waals surface area contributed by atoms with E-state index in [1.807, 2.05) is 0 Å². The SMILES string of the molecule is CC(=O)Cc1ccc(O[C@H](C)C(=O)O)cc1. The van der Waals surface area contributed by atoms with Crippen LogP contribution >= 0.6 is 0 Å². The van der Waals surface area contributed by atoms with Crippen LogP contribution in [0.4, 0.5) is 0 Å². The molecule has 0 radical (unpaired) electrons. The number of carboxylic acid groups (broad SMARTS) is 1. The zero-order chi connectivity index (χ0) is 12.1. The first kappa shape index (κ1) is 12.2. The van der Waals surface area contributed by atoms with Gasteiger partial charge in [0.25, 0.3) is 0 Å². The van der Waals surface area contributed by atoms with E-state index in [4.69, 9.17) is 9.84 Å². The highest BCUT2D eigenvalue weighted by molar-refractivity contribution is 5.78. The van der Waals surface area contributed by atoms with Crippen LogP contribution in [0, 0.1) is 0 Å². The third-order valence-corrected chi connectivity index (χ3v) is 2.04. The molecule has 1 N–H and O–H groups in total. The fourth-order valence-corrected chi connectivity index (χ4v) is 1.23. The number of ether oxygens (including phenoxy) is 1. The van der Waals surface area contributed by atoms with E-state index in [9.17, 15) is 9.59 Å². The van der Waals surface area contributed by atoms with Gasteiger partial charge >= 0.3 is 5.97 Å². The Kier molecular flexibility index (Phi) is 4.05. The minimum atomic E-state index is -1.01. The second-order valence-electron chi connectivity index (χ2n) is 3.62. The van der Waals surface area contributed by atoms with Gasteiger partial charge in [-0.05, 0) is 31.5 Å². The predicted molar refractivity (Wildman–Crippen MR) is 58.6 cm³/mol. The van der Waals surface area contributed by atoms with Crippen molar-refractivity contribution in [2.24, 2.45) is 0 Å². The molecule has 1 atom stereocenters. The summed E-state index contributed by atoms with van der Waals surface area (Å²) in [6.45, 7) is 2.99. The molecule has 0 aliphatic heterocycles. The summed E-state index contributed by atoms with van der Waals surface area (Å²) in [6, 6.07) is 6.84. The zero-order valence-corrected chi connectivity index (χ0v) is 9.27. The monoisotopic (exact) mass is 222 g/mol. The van der Waals surface area contributed by atoms with E-state index in [-0.39, 0.29) is 5.78 Å². The second-order valence-corrected chi connectivity index (χ2v) is 3.62. The van der Waals surface area contributed by atoms with Crippen LogP contribution in [0.1, 0.15) is 19.4 Å². The maximum atomic E-state index is 10.9. The molecular formula is C12H14O4. The van der Waals surface area contributed by atoms with Gasteiger partial charge in [0.05, 0.1) is 0 Å². The highest BCUT2D eigenvalue weighted by Crippen LogP contribution is 2.14. The fourth-order valence-electron chi connectivity index (χ4n) is 1.23. The first-order valence-electron chi connectivity index (χ1n) is 4.97. The standard InChI is InChI=1S/C12H14O4/c1-8(13)7-10-3-5-11(6-4-10)16-9(2)12(14)15/h3-6,9H,7H2,1-2H3,(H,14,15)/t9-/m1/s1. The lowest BCUT2D eigenvalue weighted by molar-refractivity contribution is -0.144. The summed E-state index contributed by atoms with van der Waals surface area (Å²) in [5.41, 5.74) is 0.892. The Hall–Kier alpha value is -1.84.